The van der Waals surface area contributed by atoms with Gasteiger partial charge in [-0.3, -0.25) is 4.72 Å². The van der Waals surface area contributed by atoms with Gasteiger partial charge < -0.3 is 4.74 Å². The summed E-state index contributed by atoms with van der Waals surface area (Å²) in [6.45, 7) is 1.95. The summed E-state index contributed by atoms with van der Waals surface area (Å²) in [5.41, 5.74) is 3.41. The van der Waals surface area contributed by atoms with Crippen molar-refractivity contribution in [3.63, 3.8) is 0 Å². The van der Waals surface area contributed by atoms with Crippen molar-refractivity contribution < 1.29 is 21.9 Å². The maximum absolute atomic E-state index is 13.4. The molecule has 0 saturated carbocycles. The maximum Gasteiger partial charge on any atom is 0.261 e. The highest BCUT2D eigenvalue weighted by Gasteiger charge is 2.38. The molecule has 2 unspecified atom stereocenters. The van der Waals surface area contributed by atoms with Crippen molar-refractivity contribution in [3.8, 4) is 22.5 Å². The number of nitrogens with one attached hydrogen (secondary N) is 1. The number of benzene rings is 3. The van der Waals surface area contributed by atoms with Crippen LogP contribution >= 0.6 is 0 Å². The third kappa shape index (κ3) is 4.37. The molecule has 4 aromatic rings. The van der Waals surface area contributed by atoms with E-state index in [1.807, 2.05) is 13.0 Å². The van der Waals surface area contributed by atoms with Crippen LogP contribution in [0.3, 0.4) is 0 Å². The highest BCUT2D eigenvalue weighted by Crippen LogP contribution is 2.38. The molecule has 6 nitrogen and oxygen atoms in total. The number of aromatic nitrogens is 2. The SMILES string of the molecule is CC1OC1n1nc(-c2ccc(NS(=O)(=O)c3ccc(F)cc3)cc2)cc1-c1ccc(F)cc1. The Morgan fingerprint density at radius 1 is 0.879 bits per heavy atom. The van der Waals surface area contributed by atoms with Crippen molar-refractivity contribution in [2.45, 2.75) is 24.2 Å². The minimum absolute atomic E-state index is 0.0280. The molecule has 2 atom stereocenters. The fourth-order valence-corrected chi connectivity index (χ4v) is 4.59. The van der Waals surface area contributed by atoms with Crippen LogP contribution in [0.5, 0.6) is 0 Å². The van der Waals surface area contributed by atoms with Gasteiger partial charge in [-0.2, -0.15) is 5.10 Å². The molecule has 1 fully saturated rings. The van der Waals surface area contributed by atoms with Crippen LogP contribution in [-0.2, 0) is 14.8 Å². The second-order valence-corrected chi connectivity index (χ2v) is 9.42. The Balaban J connectivity index is 1.42. The summed E-state index contributed by atoms with van der Waals surface area (Å²) in [7, 11) is -3.84. The molecule has 3 aromatic carbocycles. The van der Waals surface area contributed by atoms with E-state index in [-0.39, 0.29) is 23.0 Å². The van der Waals surface area contributed by atoms with Crippen LogP contribution in [0, 0.1) is 11.6 Å². The third-order valence-corrected chi connectivity index (χ3v) is 6.75. The van der Waals surface area contributed by atoms with Crippen LogP contribution in [0.1, 0.15) is 13.2 Å². The normalized spacial score (nSPS) is 17.7. The summed E-state index contributed by atoms with van der Waals surface area (Å²) in [6, 6.07) is 19.4. The smallest absolute Gasteiger partial charge is 0.261 e. The molecule has 1 N–H and O–H groups in total. The zero-order valence-electron chi connectivity index (χ0n) is 17.4. The lowest BCUT2D eigenvalue weighted by molar-refractivity contribution is 0.325. The molecule has 2 heterocycles. The standard InChI is InChI=1S/C24H19F2N3O3S/c1-15-24(32-15)29-23(17-2-6-18(25)7-3-17)14-22(27-29)16-4-10-20(11-5-16)28-33(30,31)21-12-8-19(26)9-13-21/h2-15,24,28H,1H3. The van der Waals surface area contributed by atoms with Crippen LogP contribution in [0.2, 0.25) is 0 Å². The number of nitrogens with zero attached hydrogens (tertiary/aromatic N) is 2. The lowest BCUT2D eigenvalue weighted by atomic mass is 10.1. The molecule has 1 aromatic heterocycles. The van der Waals surface area contributed by atoms with E-state index < -0.39 is 15.8 Å². The van der Waals surface area contributed by atoms with Gasteiger partial charge in [0.25, 0.3) is 10.0 Å². The second kappa shape index (κ2) is 8.09. The van der Waals surface area contributed by atoms with Crippen LogP contribution in [0.4, 0.5) is 14.5 Å². The molecule has 0 aliphatic carbocycles. The van der Waals surface area contributed by atoms with Gasteiger partial charge in [0.15, 0.2) is 6.23 Å². The van der Waals surface area contributed by atoms with E-state index in [1.54, 1.807) is 41.1 Å². The minimum Gasteiger partial charge on any atom is -0.346 e. The molecule has 1 aliphatic heterocycles. The van der Waals surface area contributed by atoms with Gasteiger partial charge in [-0.25, -0.2) is 21.9 Å². The van der Waals surface area contributed by atoms with Gasteiger partial charge in [-0.1, -0.05) is 12.1 Å². The Labute approximate surface area is 189 Å². The number of hydrogen-bond acceptors (Lipinski definition) is 4. The highest BCUT2D eigenvalue weighted by atomic mass is 32.2. The number of hydrogen-bond donors (Lipinski definition) is 1. The first kappa shape index (κ1) is 21.3. The van der Waals surface area contributed by atoms with E-state index in [4.69, 9.17) is 4.74 Å². The van der Waals surface area contributed by atoms with Gasteiger partial charge >= 0.3 is 0 Å². The minimum atomic E-state index is -3.84. The fourth-order valence-electron chi connectivity index (χ4n) is 3.53. The first-order valence-corrected chi connectivity index (χ1v) is 11.7. The van der Waals surface area contributed by atoms with Crippen molar-refractivity contribution >= 4 is 15.7 Å². The fraction of sp³-hybridized carbons (Fsp3) is 0.125. The van der Waals surface area contributed by atoms with E-state index in [2.05, 4.69) is 9.82 Å². The summed E-state index contributed by atoms with van der Waals surface area (Å²) in [4.78, 5) is -0.0331. The predicted molar refractivity (Wildman–Crippen MR) is 120 cm³/mol. The highest BCUT2D eigenvalue weighted by molar-refractivity contribution is 7.92. The summed E-state index contributed by atoms with van der Waals surface area (Å²) < 4.78 is 61.4. The molecule has 9 heteroatoms. The molecule has 33 heavy (non-hydrogen) atoms. The first-order valence-electron chi connectivity index (χ1n) is 10.2. The molecule has 5 rings (SSSR count). The molecular weight excluding hydrogens is 448 g/mol. The zero-order valence-corrected chi connectivity index (χ0v) is 18.3. The summed E-state index contributed by atoms with van der Waals surface area (Å²) in [6.07, 6.45) is -0.166. The number of sulfonamides is 1. The zero-order chi connectivity index (χ0) is 23.2. The maximum atomic E-state index is 13.4. The van der Waals surface area contributed by atoms with Crippen molar-refractivity contribution in [1.29, 1.82) is 0 Å². The van der Waals surface area contributed by atoms with Crippen LogP contribution in [0.15, 0.2) is 83.8 Å². The van der Waals surface area contributed by atoms with Gasteiger partial charge in [0.1, 0.15) is 17.7 Å². The van der Waals surface area contributed by atoms with Gasteiger partial charge in [-0.15, -0.1) is 0 Å². The topological polar surface area (TPSA) is 76.5 Å². The van der Waals surface area contributed by atoms with Crippen LogP contribution in [-0.4, -0.2) is 24.3 Å². The summed E-state index contributed by atoms with van der Waals surface area (Å²) in [5.74, 6) is -0.830. The van der Waals surface area contributed by atoms with Gasteiger partial charge in [0.05, 0.1) is 16.3 Å². The van der Waals surface area contributed by atoms with Crippen molar-refractivity contribution in [3.05, 3.63) is 90.5 Å². The van der Waals surface area contributed by atoms with E-state index in [0.717, 1.165) is 29.0 Å². The van der Waals surface area contributed by atoms with Crippen LogP contribution < -0.4 is 4.72 Å². The molecule has 0 radical (unpaired) electrons. The Kier molecular flexibility index (Phi) is 5.22. The Morgan fingerprint density at radius 3 is 2.00 bits per heavy atom. The molecule has 168 valence electrons. The van der Waals surface area contributed by atoms with E-state index in [9.17, 15) is 17.2 Å². The largest absolute Gasteiger partial charge is 0.346 e. The van der Waals surface area contributed by atoms with Crippen molar-refractivity contribution in [2.24, 2.45) is 0 Å². The third-order valence-electron chi connectivity index (χ3n) is 5.35. The van der Waals surface area contributed by atoms with Gasteiger partial charge in [0.2, 0.25) is 0 Å². The first-order chi connectivity index (χ1) is 15.8. The number of halogens is 2. The predicted octanol–water partition coefficient (Wildman–Crippen LogP) is 5.21. The van der Waals surface area contributed by atoms with Crippen LogP contribution in [0.25, 0.3) is 22.5 Å². The second-order valence-electron chi connectivity index (χ2n) is 7.73. The Bertz CT molecular complexity index is 1400. The quantitative estimate of drug-likeness (QED) is 0.395. The van der Waals surface area contributed by atoms with Gasteiger partial charge in [-0.05, 0) is 73.7 Å². The van der Waals surface area contributed by atoms with E-state index in [0.29, 0.717) is 11.4 Å². The number of ether oxygens (including phenoxy) is 1. The Morgan fingerprint density at radius 2 is 1.42 bits per heavy atom. The Hall–Kier alpha value is -3.56. The lowest BCUT2D eigenvalue weighted by Crippen LogP contribution is -2.12. The van der Waals surface area contributed by atoms with E-state index >= 15 is 0 Å². The summed E-state index contributed by atoms with van der Waals surface area (Å²) in [5, 5.41) is 4.68. The molecule has 0 spiro atoms. The average Bonchev–Trinajstić information content (AvgIpc) is 3.36. The monoisotopic (exact) mass is 467 g/mol. The number of rotatable bonds is 6. The molecule has 1 saturated heterocycles. The number of anilines is 1. The molecular formula is C24H19F2N3O3S. The molecule has 0 bridgehead atoms. The lowest BCUT2D eigenvalue weighted by Gasteiger charge is -2.08. The van der Waals surface area contributed by atoms with Gasteiger partial charge in [0, 0.05) is 16.8 Å². The van der Waals surface area contributed by atoms with Crippen molar-refractivity contribution in [2.75, 3.05) is 4.72 Å². The molecule has 0 amide bonds. The average molecular weight is 467 g/mol. The number of epoxide rings is 1. The van der Waals surface area contributed by atoms with Crippen molar-refractivity contribution in [1.82, 2.24) is 9.78 Å². The van der Waals surface area contributed by atoms with E-state index in [1.165, 1.54) is 24.3 Å². The molecule has 1 aliphatic rings. The summed E-state index contributed by atoms with van der Waals surface area (Å²) >= 11 is 0.